The fraction of sp³-hybridized carbons (Fsp3) is 1.00. The summed E-state index contributed by atoms with van der Waals surface area (Å²) in [5.41, 5.74) is 0. The average molecular weight is 198 g/mol. The molecule has 0 aromatic heterocycles. The zero-order valence-corrected chi connectivity index (χ0v) is 10.2. The summed E-state index contributed by atoms with van der Waals surface area (Å²) in [6.07, 6.45) is 1.33. The molecule has 0 radical (unpaired) electrons. The predicted molar refractivity (Wildman–Crippen MR) is 62.5 cm³/mol. The Balaban J connectivity index is 2.08. The Morgan fingerprint density at radius 1 is 1.29 bits per heavy atom. The highest BCUT2D eigenvalue weighted by Gasteiger charge is 2.23. The van der Waals surface area contributed by atoms with Gasteiger partial charge < -0.3 is 10.2 Å². The first-order valence-corrected chi connectivity index (χ1v) is 5.99. The lowest BCUT2D eigenvalue weighted by Crippen LogP contribution is -2.47. The van der Waals surface area contributed by atoms with Crippen LogP contribution in [0.2, 0.25) is 0 Å². The van der Waals surface area contributed by atoms with E-state index in [2.05, 4.69) is 38.0 Å². The summed E-state index contributed by atoms with van der Waals surface area (Å²) >= 11 is 0. The van der Waals surface area contributed by atoms with E-state index in [4.69, 9.17) is 0 Å². The van der Waals surface area contributed by atoms with E-state index in [1.54, 1.807) is 0 Å². The molecule has 0 aliphatic carbocycles. The molecule has 14 heavy (non-hydrogen) atoms. The molecular formula is C12H26N2. The number of nitrogens with one attached hydrogen (secondary N) is 1. The van der Waals surface area contributed by atoms with Crippen LogP contribution in [0.25, 0.3) is 0 Å². The molecule has 1 saturated heterocycles. The van der Waals surface area contributed by atoms with Crippen molar-refractivity contribution < 1.29 is 0 Å². The largest absolute Gasteiger partial charge is 0.316 e. The lowest BCUT2D eigenvalue weighted by Gasteiger charge is -2.35. The number of hydrogen-bond donors (Lipinski definition) is 1. The zero-order chi connectivity index (χ0) is 10.6. The fourth-order valence-corrected chi connectivity index (χ4v) is 1.92. The Hall–Kier alpha value is -0.0800. The standard InChI is InChI=1S/C12H26N2/c1-10(2)5-6-14(4)9-11(3)12-7-13-8-12/h10-13H,5-9H2,1-4H3. The molecule has 1 aliphatic rings. The van der Waals surface area contributed by atoms with Gasteiger partial charge in [0.1, 0.15) is 0 Å². The summed E-state index contributed by atoms with van der Waals surface area (Å²) in [6.45, 7) is 12.0. The van der Waals surface area contributed by atoms with E-state index in [1.807, 2.05) is 0 Å². The summed E-state index contributed by atoms with van der Waals surface area (Å²) in [7, 11) is 2.25. The Morgan fingerprint density at radius 3 is 2.36 bits per heavy atom. The van der Waals surface area contributed by atoms with Crippen molar-refractivity contribution in [3.05, 3.63) is 0 Å². The predicted octanol–water partition coefficient (Wildman–Crippen LogP) is 1.82. The van der Waals surface area contributed by atoms with Gasteiger partial charge in [-0.15, -0.1) is 0 Å². The van der Waals surface area contributed by atoms with Crippen LogP contribution in [0.15, 0.2) is 0 Å². The first kappa shape index (κ1) is 12.0. The van der Waals surface area contributed by atoms with Crippen molar-refractivity contribution in [1.29, 1.82) is 0 Å². The van der Waals surface area contributed by atoms with Gasteiger partial charge in [-0.3, -0.25) is 0 Å². The van der Waals surface area contributed by atoms with Gasteiger partial charge >= 0.3 is 0 Å². The minimum Gasteiger partial charge on any atom is -0.316 e. The zero-order valence-electron chi connectivity index (χ0n) is 10.2. The topological polar surface area (TPSA) is 15.3 Å². The van der Waals surface area contributed by atoms with Gasteiger partial charge in [-0.05, 0) is 50.9 Å². The molecule has 0 amide bonds. The highest BCUT2D eigenvalue weighted by molar-refractivity contribution is 4.80. The highest BCUT2D eigenvalue weighted by Crippen LogP contribution is 2.16. The third-order valence-electron chi connectivity index (χ3n) is 3.31. The van der Waals surface area contributed by atoms with Crippen molar-refractivity contribution in [1.82, 2.24) is 10.2 Å². The smallest absolute Gasteiger partial charge is 0.000757 e. The second kappa shape index (κ2) is 5.72. The van der Waals surface area contributed by atoms with E-state index in [0.29, 0.717) is 0 Å². The molecule has 0 aromatic carbocycles. The molecular weight excluding hydrogens is 172 g/mol. The Kier molecular flexibility index (Phi) is 4.90. The molecule has 0 spiro atoms. The van der Waals surface area contributed by atoms with Crippen LogP contribution in [0.5, 0.6) is 0 Å². The minimum absolute atomic E-state index is 0.832. The molecule has 1 aliphatic heterocycles. The van der Waals surface area contributed by atoms with Crippen molar-refractivity contribution in [2.75, 3.05) is 33.2 Å². The number of rotatable bonds is 6. The van der Waals surface area contributed by atoms with Gasteiger partial charge in [-0.2, -0.15) is 0 Å². The van der Waals surface area contributed by atoms with Crippen LogP contribution in [0.1, 0.15) is 27.2 Å². The molecule has 1 N–H and O–H groups in total. The van der Waals surface area contributed by atoms with Gasteiger partial charge in [0, 0.05) is 6.54 Å². The maximum absolute atomic E-state index is 3.35. The minimum atomic E-state index is 0.832. The fourth-order valence-electron chi connectivity index (χ4n) is 1.92. The summed E-state index contributed by atoms with van der Waals surface area (Å²) in [5.74, 6) is 2.61. The quantitative estimate of drug-likeness (QED) is 0.700. The highest BCUT2D eigenvalue weighted by atomic mass is 15.1. The lowest BCUT2D eigenvalue weighted by molar-refractivity contribution is 0.182. The molecule has 1 atom stereocenters. The van der Waals surface area contributed by atoms with Crippen LogP contribution in [-0.4, -0.2) is 38.1 Å². The van der Waals surface area contributed by atoms with Crippen LogP contribution < -0.4 is 5.32 Å². The van der Waals surface area contributed by atoms with E-state index in [1.165, 1.54) is 32.6 Å². The first-order valence-electron chi connectivity index (χ1n) is 5.99. The second-order valence-corrected chi connectivity index (χ2v) is 5.34. The Labute approximate surface area is 89.1 Å². The van der Waals surface area contributed by atoms with E-state index in [-0.39, 0.29) is 0 Å². The van der Waals surface area contributed by atoms with Crippen LogP contribution in [0.3, 0.4) is 0 Å². The summed E-state index contributed by atoms with van der Waals surface area (Å²) in [5, 5.41) is 3.35. The molecule has 2 heteroatoms. The lowest BCUT2D eigenvalue weighted by atomic mass is 9.88. The van der Waals surface area contributed by atoms with E-state index >= 15 is 0 Å². The van der Waals surface area contributed by atoms with Gasteiger partial charge in [-0.1, -0.05) is 20.8 Å². The Bertz CT molecular complexity index is 152. The normalized spacial score (nSPS) is 20.1. The van der Waals surface area contributed by atoms with Crippen LogP contribution in [-0.2, 0) is 0 Å². The van der Waals surface area contributed by atoms with Crippen LogP contribution in [0.4, 0.5) is 0 Å². The van der Waals surface area contributed by atoms with Crippen molar-refractivity contribution in [2.24, 2.45) is 17.8 Å². The summed E-state index contributed by atoms with van der Waals surface area (Å²) < 4.78 is 0. The van der Waals surface area contributed by atoms with Crippen LogP contribution in [0, 0.1) is 17.8 Å². The van der Waals surface area contributed by atoms with Gasteiger partial charge in [-0.25, -0.2) is 0 Å². The SMILES string of the molecule is CC(C)CCN(C)CC(C)C1CNC1. The first-order chi connectivity index (χ1) is 6.59. The maximum atomic E-state index is 3.35. The number of hydrogen-bond acceptors (Lipinski definition) is 2. The molecule has 0 bridgehead atoms. The molecule has 1 heterocycles. The molecule has 1 unspecified atom stereocenters. The summed E-state index contributed by atoms with van der Waals surface area (Å²) in [6, 6.07) is 0. The molecule has 0 saturated carbocycles. The van der Waals surface area contributed by atoms with Gasteiger partial charge in [0.2, 0.25) is 0 Å². The second-order valence-electron chi connectivity index (χ2n) is 5.34. The van der Waals surface area contributed by atoms with Crippen molar-refractivity contribution >= 4 is 0 Å². The van der Waals surface area contributed by atoms with Crippen molar-refractivity contribution in [3.63, 3.8) is 0 Å². The van der Waals surface area contributed by atoms with Gasteiger partial charge in [0.15, 0.2) is 0 Å². The van der Waals surface area contributed by atoms with Crippen LogP contribution >= 0.6 is 0 Å². The molecule has 1 rings (SSSR count). The molecule has 0 aromatic rings. The molecule has 2 nitrogen and oxygen atoms in total. The van der Waals surface area contributed by atoms with Crippen molar-refractivity contribution in [2.45, 2.75) is 27.2 Å². The van der Waals surface area contributed by atoms with Crippen molar-refractivity contribution in [3.8, 4) is 0 Å². The van der Waals surface area contributed by atoms with Gasteiger partial charge in [0.25, 0.3) is 0 Å². The Morgan fingerprint density at radius 2 is 1.93 bits per heavy atom. The maximum Gasteiger partial charge on any atom is 0.000757 e. The monoisotopic (exact) mass is 198 g/mol. The van der Waals surface area contributed by atoms with E-state index < -0.39 is 0 Å². The summed E-state index contributed by atoms with van der Waals surface area (Å²) in [4.78, 5) is 2.49. The molecule has 1 fully saturated rings. The molecule has 84 valence electrons. The van der Waals surface area contributed by atoms with E-state index in [9.17, 15) is 0 Å². The third kappa shape index (κ3) is 3.97. The third-order valence-corrected chi connectivity index (χ3v) is 3.31. The van der Waals surface area contributed by atoms with E-state index in [0.717, 1.165) is 17.8 Å². The number of nitrogens with zero attached hydrogens (tertiary/aromatic N) is 1. The average Bonchev–Trinajstić information content (AvgIpc) is 1.97. The van der Waals surface area contributed by atoms with Gasteiger partial charge in [0.05, 0.1) is 0 Å².